The zero-order valence-electron chi connectivity index (χ0n) is 13.9. The summed E-state index contributed by atoms with van der Waals surface area (Å²) in [5, 5.41) is 0. The van der Waals surface area contributed by atoms with Gasteiger partial charge in [0.15, 0.2) is 0 Å². The molecular formula is C17H30N2O2. The van der Waals surface area contributed by atoms with E-state index in [4.69, 9.17) is 4.74 Å². The number of rotatable bonds is 1. The van der Waals surface area contributed by atoms with Gasteiger partial charge in [-0.15, -0.1) is 0 Å². The van der Waals surface area contributed by atoms with Crippen LogP contribution >= 0.6 is 0 Å². The summed E-state index contributed by atoms with van der Waals surface area (Å²) in [6.07, 6.45) is 7.75. The fourth-order valence-electron chi connectivity index (χ4n) is 3.94. The Labute approximate surface area is 128 Å². The number of nitrogens with zero attached hydrogens (tertiary/aromatic N) is 2. The third kappa shape index (κ3) is 3.36. The standard InChI is InChI=1S/C17H30N2O2/c1-16(2,3)21-15(20)19-12-9-17(13-19)7-10-18(11-8-17)14-5-4-6-14/h14H,4-13H2,1-3H3. The zero-order valence-corrected chi connectivity index (χ0v) is 13.9. The van der Waals surface area contributed by atoms with Gasteiger partial charge in [-0.05, 0) is 71.4 Å². The van der Waals surface area contributed by atoms with Crippen molar-refractivity contribution in [3.63, 3.8) is 0 Å². The molecule has 0 aromatic rings. The highest BCUT2D eigenvalue weighted by atomic mass is 16.6. The van der Waals surface area contributed by atoms with E-state index >= 15 is 0 Å². The molecule has 1 amide bonds. The lowest BCUT2D eigenvalue weighted by atomic mass is 9.76. The fraction of sp³-hybridized carbons (Fsp3) is 0.941. The van der Waals surface area contributed by atoms with E-state index in [0.717, 1.165) is 25.6 Å². The Kier molecular flexibility index (Phi) is 3.93. The van der Waals surface area contributed by atoms with Crippen molar-refractivity contribution in [1.29, 1.82) is 0 Å². The van der Waals surface area contributed by atoms with Crippen molar-refractivity contribution < 1.29 is 9.53 Å². The summed E-state index contributed by atoms with van der Waals surface area (Å²) >= 11 is 0. The number of ether oxygens (including phenoxy) is 1. The van der Waals surface area contributed by atoms with Crippen LogP contribution in [0.2, 0.25) is 0 Å². The van der Waals surface area contributed by atoms with E-state index in [2.05, 4.69) is 4.90 Å². The highest BCUT2D eigenvalue weighted by molar-refractivity contribution is 5.68. The van der Waals surface area contributed by atoms with Crippen LogP contribution < -0.4 is 0 Å². The summed E-state index contributed by atoms with van der Waals surface area (Å²) in [7, 11) is 0. The summed E-state index contributed by atoms with van der Waals surface area (Å²) in [4.78, 5) is 16.8. The van der Waals surface area contributed by atoms with E-state index in [1.807, 2.05) is 25.7 Å². The van der Waals surface area contributed by atoms with Gasteiger partial charge >= 0.3 is 6.09 Å². The molecule has 3 aliphatic rings. The normalized spacial score (nSPS) is 26.9. The summed E-state index contributed by atoms with van der Waals surface area (Å²) in [6.45, 7) is 10.0. The number of piperidine rings is 1. The van der Waals surface area contributed by atoms with Gasteiger partial charge in [0.2, 0.25) is 0 Å². The topological polar surface area (TPSA) is 32.8 Å². The SMILES string of the molecule is CC(C)(C)OC(=O)N1CCC2(CCN(C3CCC3)CC2)C1. The smallest absolute Gasteiger partial charge is 0.410 e. The maximum atomic E-state index is 12.2. The van der Waals surface area contributed by atoms with Crippen LogP contribution in [-0.4, -0.2) is 53.7 Å². The number of hydrogen-bond donors (Lipinski definition) is 0. The second-order valence-electron chi connectivity index (χ2n) is 8.27. The van der Waals surface area contributed by atoms with Gasteiger partial charge in [-0.3, -0.25) is 0 Å². The van der Waals surface area contributed by atoms with Crippen LogP contribution in [0.5, 0.6) is 0 Å². The summed E-state index contributed by atoms with van der Waals surface area (Å²) in [5.74, 6) is 0. The fourth-order valence-corrected chi connectivity index (χ4v) is 3.94. The Hall–Kier alpha value is -0.770. The maximum Gasteiger partial charge on any atom is 0.410 e. The minimum absolute atomic E-state index is 0.124. The molecule has 2 heterocycles. The van der Waals surface area contributed by atoms with Gasteiger partial charge in [-0.25, -0.2) is 4.79 Å². The predicted molar refractivity (Wildman–Crippen MR) is 83.3 cm³/mol. The first kappa shape index (κ1) is 15.1. The molecule has 21 heavy (non-hydrogen) atoms. The van der Waals surface area contributed by atoms with Gasteiger partial charge in [0.05, 0.1) is 0 Å². The van der Waals surface area contributed by atoms with E-state index in [9.17, 15) is 4.79 Å². The number of likely N-dealkylation sites (tertiary alicyclic amines) is 2. The number of amides is 1. The molecule has 0 radical (unpaired) electrons. The molecule has 3 fully saturated rings. The lowest BCUT2D eigenvalue weighted by molar-refractivity contribution is 0.0202. The first-order valence-corrected chi connectivity index (χ1v) is 8.59. The Balaban J connectivity index is 1.51. The van der Waals surface area contributed by atoms with Gasteiger partial charge in [0.1, 0.15) is 5.60 Å². The molecule has 0 aromatic heterocycles. The molecule has 0 atom stereocenters. The van der Waals surface area contributed by atoms with Crippen LogP contribution in [0, 0.1) is 5.41 Å². The molecule has 120 valence electrons. The lowest BCUT2D eigenvalue weighted by Crippen LogP contribution is -2.48. The summed E-state index contributed by atoms with van der Waals surface area (Å²) in [6, 6.07) is 0.866. The largest absolute Gasteiger partial charge is 0.444 e. The quantitative estimate of drug-likeness (QED) is 0.744. The number of carbonyl (C=O) groups is 1. The molecule has 2 aliphatic heterocycles. The van der Waals surface area contributed by atoms with Crippen molar-refractivity contribution in [3.8, 4) is 0 Å². The van der Waals surface area contributed by atoms with Gasteiger partial charge in [-0.2, -0.15) is 0 Å². The van der Waals surface area contributed by atoms with Gasteiger partial charge in [0, 0.05) is 19.1 Å². The molecule has 0 unspecified atom stereocenters. The molecular weight excluding hydrogens is 264 g/mol. The Morgan fingerprint density at radius 3 is 2.24 bits per heavy atom. The first-order chi connectivity index (χ1) is 9.87. The monoisotopic (exact) mass is 294 g/mol. The molecule has 3 rings (SSSR count). The summed E-state index contributed by atoms with van der Waals surface area (Å²) in [5.41, 5.74) is -0.0163. The van der Waals surface area contributed by atoms with Crippen molar-refractivity contribution >= 4 is 6.09 Å². The molecule has 0 N–H and O–H groups in total. The van der Waals surface area contributed by atoms with Crippen molar-refractivity contribution in [2.45, 2.75) is 70.9 Å². The second kappa shape index (κ2) is 5.45. The number of hydrogen-bond acceptors (Lipinski definition) is 3. The zero-order chi connectivity index (χ0) is 15.1. The van der Waals surface area contributed by atoms with Crippen LogP contribution in [-0.2, 0) is 4.74 Å². The molecule has 0 bridgehead atoms. The van der Waals surface area contributed by atoms with Crippen molar-refractivity contribution in [2.75, 3.05) is 26.2 Å². The maximum absolute atomic E-state index is 12.2. The average Bonchev–Trinajstić information content (AvgIpc) is 2.72. The molecule has 0 aromatic carbocycles. The Morgan fingerprint density at radius 2 is 1.71 bits per heavy atom. The van der Waals surface area contributed by atoms with Gasteiger partial charge in [-0.1, -0.05) is 6.42 Å². The average molecular weight is 294 g/mol. The molecule has 4 heteroatoms. The van der Waals surface area contributed by atoms with Crippen LogP contribution in [0.25, 0.3) is 0 Å². The molecule has 1 saturated carbocycles. The van der Waals surface area contributed by atoms with E-state index in [0.29, 0.717) is 5.41 Å². The van der Waals surface area contributed by atoms with Crippen LogP contribution in [0.15, 0.2) is 0 Å². The van der Waals surface area contributed by atoms with Crippen LogP contribution in [0.1, 0.15) is 59.3 Å². The van der Waals surface area contributed by atoms with Crippen molar-refractivity contribution in [2.24, 2.45) is 5.41 Å². The van der Waals surface area contributed by atoms with E-state index in [1.165, 1.54) is 45.2 Å². The van der Waals surface area contributed by atoms with E-state index < -0.39 is 0 Å². The summed E-state index contributed by atoms with van der Waals surface area (Å²) < 4.78 is 5.52. The first-order valence-electron chi connectivity index (χ1n) is 8.59. The van der Waals surface area contributed by atoms with Gasteiger partial charge in [0.25, 0.3) is 0 Å². The molecule has 1 spiro atoms. The van der Waals surface area contributed by atoms with Crippen molar-refractivity contribution in [1.82, 2.24) is 9.80 Å². The third-order valence-electron chi connectivity index (χ3n) is 5.54. The predicted octanol–water partition coefficient (Wildman–Crippen LogP) is 3.26. The van der Waals surface area contributed by atoms with Crippen molar-refractivity contribution in [3.05, 3.63) is 0 Å². The van der Waals surface area contributed by atoms with Gasteiger partial charge < -0.3 is 14.5 Å². The second-order valence-corrected chi connectivity index (χ2v) is 8.27. The number of carbonyl (C=O) groups excluding carboxylic acids is 1. The Morgan fingerprint density at radius 1 is 1.10 bits per heavy atom. The van der Waals surface area contributed by atoms with Crippen LogP contribution in [0.3, 0.4) is 0 Å². The molecule has 1 aliphatic carbocycles. The van der Waals surface area contributed by atoms with E-state index in [1.54, 1.807) is 0 Å². The van der Waals surface area contributed by atoms with E-state index in [-0.39, 0.29) is 11.7 Å². The van der Waals surface area contributed by atoms with Crippen LogP contribution in [0.4, 0.5) is 4.79 Å². The Bertz CT molecular complexity index is 390. The molecule has 4 nitrogen and oxygen atoms in total. The highest BCUT2D eigenvalue weighted by Crippen LogP contribution is 2.42. The molecule has 2 saturated heterocycles. The minimum Gasteiger partial charge on any atom is -0.444 e. The third-order valence-corrected chi connectivity index (χ3v) is 5.54. The minimum atomic E-state index is -0.388. The highest BCUT2D eigenvalue weighted by Gasteiger charge is 2.44. The lowest BCUT2D eigenvalue weighted by Gasteiger charge is -2.45.